The van der Waals surface area contributed by atoms with Gasteiger partial charge >= 0.3 is 0 Å². The highest BCUT2D eigenvalue weighted by Gasteiger charge is 2.25. The van der Waals surface area contributed by atoms with Crippen LogP contribution in [0.5, 0.6) is 5.75 Å². The molecule has 0 saturated carbocycles. The fraction of sp³-hybridized carbons (Fsp3) is 0.519. The van der Waals surface area contributed by atoms with E-state index >= 15 is 0 Å². The van der Waals surface area contributed by atoms with Crippen molar-refractivity contribution < 1.29 is 18.4 Å². The van der Waals surface area contributed by atoms with Crippen LogP contribution in [0.1, 0.15) is 42.0 Å². The first kappa shape index (κ1) is 23.3. The number of halogens is 1. The molecule has 2 aromatic carbocycles. The van der Waals surface area contributed by atoms with Gasteiger partial charge in [0.1, 0.15) is 11.6 Å². The van der Waals surface area contributed by atoms with E-state index in [9.17, 15) is 4.39 Å². The number of ether oxygens (including phenoxy) is 2. The van der Waals surface area contributed by atoms with Crippen molar-refractivity contribution in [1.82, 2.24) is 15.0 Å². The normalized spacial score (nSPS) is 18.5. The first-order valence-corrected chi connectivity index (χ1v) is 12.5. The Morgan fingerprint density at radius 3 is 2.65 bits per heavy atom. The van der Waals surface area contributed by atoms with Crippen molar-refractivity contribution >= 4 is 11.0 Å². The minimum absolute atomic E-state index is 0.286. The molecule has 0 atom stereocenters. The van der Waals surface area contributed by atoms with Gasteiger partial charge in [-0.05, 0) is 74.7 Å². The molecule has 7 heteroatoms. The molecule has 2 aliphatic rings. The van der Waals surface area contributed by atoms with Crippen molar-refractivity contribution in [2.24, 2.45) is 0 Å². The highest BCUT2D eigenvalue weighted by molar-refractivity contribution is 5.79. The molecule has 0 amide bonds. The number of nitrogens with zero attached hydrogens (tertiary/aromatic N) is 3. The molecule has 3 aromatic rings. The summed E-state index contributed by atoms with van der Waals surface area (Å²) in [6, 6.07) is 11.2. The topological polar surface area (TPSA) is 51.0 Å². The quantitative estimate of drug-likeness (QED) is 0.446. The molecule has 0 unspecified atom stereocenters. The lowest BCUT2D eigenvalue weighted by Crippen LogP contribution is -2.35. The van der Waals surface area contributed by atoms with Gasteiger partial charge in [0.05, 0.1) is 25.5 Å². The van der Waals surface area contributed by atoms with Gasteiger partial charge in [0.15, 0.2) is 5.58 Å². The largest absolute Gasteiger partial charge is 0.494 e. The molecule has 3 heterocycles. The van der Waals surface area contributed by atoms with E-state index in [1.807, 2.05) is 0 Å². The van der Waals surface area contributed by atoms with Crippen LogP contribution in [0.15, 0.2) is 40.9 Å². The predicted octanol–water partition coefficient (Wildman–Crippen LogP) is 4.76. The van der Waals surface area contributed by atoms with E-state index in [0.29, 0.717) is 11.5 Å². The summed E-state index contributed by atoms with van der Waals surface area (Å²) in [4.78, 5) is 4.94. The van der Waals surface area contributed by atoms with E-state index in [0.717, 1.165) is 95.2 Å². The van der Waals surface area contributed by atoms with Crippen molar-refractivity contribution in [2.45, 2.75) is 38.6 Å². The molecule has 6 nitrogen and oxygen atoms in total. The van der Waals surface area contributed by atoms with Gasteiger partial charge in [-0.3, -0.25) is 4.90 Å². The number of aryl methyl sites for hydroxylation is 1. The van der Waals surface area contributed by atoms with Crippen LogP contribution in [-0.2, 0) is 11.3 Å². The number of hydrogen-bond acceptors (Lipinski definition) is 6. The van der Waals surface area contributed by atoms with E-state index in [4.69, 9.17) is 14.0 Å². The maximum Gasteiger partial charge on any atom is 0.170 e. The van der Waals surface area contributed by atoms with Crippen LogP contribution in [0.4, 0.5) is 4.39 Å². The molecule has 2 fully saturated rings. The van der Waals surface area contributed by atoms with E-state index in [1.54, 1.807) is 6.07 Å². The number of morpholine rings is 1. The Morgan fingerprint density at radius 1 is 1.03 bits per heavy atom. The lowest BCUT2D eigenvalue weighted by Gasteiger charge is -2.31. The SMILES string of the molecule is Cc1cc(OCCCN2CCC(c3noc4cc(F)ccc34)CC2)ccc1CN1CCOCC1. The molecular weight excluding hydrogens is 433 g/mol. The molecular formula is C27H34FN3O3. The van der Waals surface area contributed by atoms with Gasteiger partial charge in [-0.15, -0.1) is 0 Å². The van der Waals surface area contributed by atoms with Crippen LogP contribution in [-0.4, -0.2) is 67.5 Å². The fourth-order valence-corrected chi connectivity index (χ4v) is 5.07. The van der Waals surface area contributed by atoms with E-state index in [2.05, 4.69) is 40.1 Å². The molecule has 2 saturated heterocycles. The summed E-state index contributed by atoms with van der Waals surface area (Å²) < 4.78 is 30.3. The minimum Gasteiger partial charge on any atom is -0.494 e. The van der Waals surface area contributed by atoms with Crippen LogP contribution in [0.2, 0.25) is 0 Å². The number of aromatic nitrogens is 1. The molecule has 2 aliphatic heterocycles. The molecule has 0 aliphatic carbocycles. The molecule has 0 N–H and O–H groups in total. The summed E-state index contributed by atoms with van der Waals surface area (Å²) >= 11 is 0. The monoisotopic (exact) mass is 467 g/mol. The van der Waals surface area contributed by atoms with E-state index in [-0.39, 0.29) is 5.82 Å². The summed E-state index contributed by atoms with van der Waals surface area (Å²) in [5.74, 6) is 1.04. The van der Waals surface area contributed by atoms with Crippen LogP contribution in [0, 0.1) is 12.7 Å². The Labute approximate surface area is 200 Å². The van der Waals surface area contributed by atoms with Crippen molar-refractivity contribution in [1.29, 1.82) is 0 Å². The first-order valence-electron chi connectivity index (χ1n) is 12.5. The number of fused-ring (bicyclic) bond motifs is 1. The van der Waals surface area contributed by atoms with Crippen LogP contribution in [0.25, 0.3) is 11.0 Å². The summed E-state index contributed by atoms with van der Waals surface area (Å²) in [7, 11) is 0. The van der Waals surface area contributed by atoms with Crippen molar-refractivity contribution in [3.8, 4) is 5.75 Å². The number of hydrogen-bond donors (Lipinski definition) is 0. The van der Waals surface area contributed by atoms with Crippen LogP contribution >= 0.6 is 0 Å². The Hall–Kier alpha value is -2.48. The van der Waals surface area contributed by atoms with Crippen LogP contribution in [0.3, 0.4) is 0 Å². The zero-order valence-electron chi connectivity index (χ0n) is 20.0. The maximum absolute atomic E-state index is 13.4. The van der Waals surface area contributed by atoms with Crippen molar-refractivity contribution in [3.63, 3.8) is 0 Å². The van der Waals surface area contributed by atoms with Crippen molar-refractivity contribution in [3.05, 3.63) is 59.0 Å². The second kappa shape index (κ2) is 10.8. The smallest absolute Gasteiger partial charge is 0.170 e. The van der Waals surface area contributed by atoms with Gasteiger partial charge in [-0.25, -0.2) is 4.39 Å². The number of piperidine rings is 1. The highest BCUT2D eigenvalue weighted by atomic mass is 19.1. The third kappa shape index (κ3) is 5.59. The van der Waals surface area contributed by atoms with E-state index in [1.165, 1.54) is 23.3 Å². The number of rotatable bonds is 8. The standard InChI is InChI=1S/C27H34FN3O3/c1-20-17-24(5-3-22(20)19-31-12-15-32-16-13-31)33-14-2-9-30-10-7-21(8-11-30)27-25-6-4-23(28)18-26(25)34-29-27/h3-6,17-18,21H,2,7-16,19H2,1H3. The second-order valence-corrected chi connectivity index (χ2v) is 9.50. The highest BCUT2D eigenvalue weighted by Crippen LogP contribution is 2.32. The molecule has 5 rings (SSSR count). The van der Waals surface area contributed by atoms with Crippen LogP contribution < -0.4 is 4.74 Å². The average molecular weight is 468 g/mol. The zero-order valence-corrected chi connectivity index (χ0v) is 20.0. The molecule has 34 heavy (non-hydrogen) atoms. The Balaban J connectivity index is 1.04. The lowest BCUT2D eigenvalue weighted by molar-refractivity contribution is 0.0341. The molecule has 0 bridgehead atoms. The average Bonchev–Trinajstić information content (AvgIpc) is 3.27. The minimum atomic E-state index is -0.286. The van der Waals surface area contributed by atoms with Gasteiger partial charge in [0.2, 0.25) is 0 Å². The Morgan fingerprint density at radius 2 is 1.85 bits per heavy atom. The van der Waals surface area contributed by atoms with Gasteiger partial charge in [-0.1, -0.05) is 11.2 Å². The third-order valence-electron chi connectivity index (χ3n) is 7.14. The predicted molar refractivity (Wildman–Crippen MR) is 130 cm³/mol. The molecule has 182 valence electrons. The summed E-state index contributed by atoms with van der Waals surface area (Å²) in [5, 5.41) is 5.20. The first-order chi connectivity index (χ1) is 16.7. The Bertz CT molecular complexity index is 1090. The van der Waals surface area contributed by atoms with Crippen molar-refractivity contribution in [2.75, 3.05) is 52.5 Å². The molecule has 0 radical (unpaired) electrons. The fourth-order valence-electron chi connectivity index (χ4n) is 5.07. The second-order valence-electron chi connectivity index (χ2n) is 9.50. The molecule has 0 spiro atoms. The van der Waals surface area contributed by atoms with E-state index < -0.39 is 0 Å². The van der Waals surface area contributed by atoms with Gasteiger partial charge in [0.25, 0.3) is 0 Å². The third-order valence-corrected chi connectivity index (χ3v) is 7.14. The number of benzene rings is 2. The Kier molecular flexibility index (Phi) is 7.42. The maximum atomic E-state index is 13.4. The van der Waals surface area contributed by atoms with Gasteiger partial charge in [0, 0.05) is 43.5 Å². The van der Waals surface area contributed by atoms with Gasteiger partial charge < -0.3 is 18.9 Å². The summed E-state index contributed by atoms with van der Waals surface area (Å²) in [6.45, 7) is 10.6. The zero-order chi connectivity index (χ0) is 23.3. The van der Waals surface area contributed by atoms with Gasteiger partial charge in [-0.2, -0.15) is 0 Å². The number of likely N-dealkylation sites (tertiary alicyclic amines) is 1. The summed E-state index contributed by atoms with van der Waals surface area (Å²) in [6.07, 6.45) is 3.10. The summed E-state index contributed by atoms with van der Waals surface area (Å²) in [5.41, 5.74) is 4.17. The molecule has 1 aromatic heterocycles. The lowest BCUT2D eigenvalue weighted by atomic mass is 9.91.